The highest BCUT2D eigenvalue weighted by atomic mass is 19.1. The van der Waals surface area contributed by atoms with Gasteiger partial charge in [-0.15, -0.1) is 0 Å². The van der Waals surface area contributed by atoms with Gasteiger partial charge in [0, 0.05) is 11.5 Å². The van der Waals surface area contributed by atoms with Crippen molar-refractivity contribution in [2.75, 3.05) is 13.3 Å². The van der Waals surface area contributed by atoms with Crippen LogP contribution in [0.2, 0.25) is 0 Å². The molecule has 1 aliphatic rings. The molecule has 0 bridgehead atoms. The Morgan fingerprint density at radius 2 is 1.91 bits per heavy atom. The number of hydrogen-bond donors (Lipinski definition) is 0. The SMILES string of the molecule is CCOC(=O)CC(=O)c1cc(F)c(C2C[C@H](CF)[C@H](N=C([O-])OC(C)(C)C)C2)c(C)c1F. The molecule has 178 valence electrons. The molecule has 9 heteroatoms. The predicted molar refractivity (Wildman–Crippen MR) is 110 cm³/mol. The summed E-state index contributed by atoms with van der Waals surface area (Å²) < 4.78 is 53.3. The molecule has 0 radical (unpaired) electrons. The van der Waals surface area contributed by atoms with E-state index in [0.717, 1.165) is 6.07 Å². The van der Waals surface area contributed by atoms with E-state index in [0.29, 0.717) is 0 Å². The second-order valence-electron chi connectivity index (χ2n) is 8.92. The smallest absolute Gasteiger partial charge is 0.313 e. The molecule has 1 aliphatic carbocycles. The zero-order valence-corrected chi connectivity index (χ0v) is 19.0. The fraction of sp³-hybridized carbons (Fsp3) is 0.609. The molecule has 0 spiro atoms. The summed E-state index contributed by atoms with van der Waals surface area (Å²) in [5.74, 6) is -4.70. The summed E-state index contributed by atoms with van der Waals surface area (Å²) in [5, 5.41) is 12.0. The second kappa shape index (κ2) is 10.4. The van der Waals surface area contributed by atoms with E-state index < -0.39 is 71.6 Å². The Balaban J connectivity index is 2.30. The van der Waals surface area contributed by atoms with Crippen molar-refractivity contribution in [3.63, 3.8) is 0 Å². The number of carbonyl (C=O) groups is 2. The number of rotatable bonds is 7. The molecule has 0 amide bonds. The Morgan fingerprint density at radius 3 is 2.47 bits per heavy atom. The number of hydrogen-bond acceptors (Lipinski definition) is 6. The summed E-state index contributed by atoms with van der Waals surface area (Å²) in [6, 6.07) is 0.0361. The minimum absolute atomic E-state index is 0.0236. The van der Waals surface area contributed by atoms with E-state index in [1.54, 1.807) is 27.7 Å². The molecule has 1 aromatic rings. The molecule has 32 heavy (non-hydrogen) atoms. The maximum absolute atomic E-state index is 15.0. The van der Waals surface area contributed by atoms with Gasteiger partial charge in [-0.3, -0.25) is 19.0 Å². The van der Waals surface area contributed by atoms with E-state index in [1.807, 2.05) is 0 Å². The molecule has 3 atom stereocenters. The fourth-order valence-electron chi connectivity index (χ4n) is 4.00. The van der Waals surface area contributed by atoms with Gasteiger partial charge in [0.1, 0.15) is 24.1 Å². The molecule has 0 heterocycles. The highest BCUT2D eigenvalue weighted by molar-refractivity contribution is 6.06. The van der Waals surface area contributed by atoms with E-state index in [-0.39, 0.29) is 30.6 Å². The first kappa shape index (κ1) is 25.7. The third-order valence-electron chi connectivity index (χ3n) is 5.34. The lowest BCUT2D eigenvalue weighted by atomic mass is 9.89. The molecule has 6 nitrogen and oxygen atoms in total. The third-order valence-corrected chi connectivity index (χ3v) is 5.34. The highest BCUT2D eigenvalue weighted by Gasteiger charge is 2.38. The fourth-order valence-corrected chi connectivity index (χ4v) is 4.00. The Bertz CT molecular complexity index is 895. The number of esters is 1. The number of alkyl halides is 1. The van der Waals surface area contributed by atoms with E-state index >= 15 is 0 Å². The zero-order valence-electron chi connectivity index (χ0n) is 19.0. The van der Waals surface area contributed by atoms with Gasteiger partial charge in [0.05, 0.1) is 24.9 Å². The lowest BCUT2D eigenvalue weighted by Gasteiger charge is -2.30. The number of carbonyl (C=O) groups excluding carboxylic acids is 2. The van der Waals surface area contributed by atoms with Crippen molar-refractivity contribution in [3.05, 3.63) is 34.4 Å². The van der Waals surface area contributed by atoms with Crippen LogP contribution in [0, 0.1) is 24.5 Å². The van der Waals surface area contributed by atoms with Crippen molar-refractivity contribution >= 4 is 17.8 Å². The van der Waals surface area contributed by atoms with Crippen LogP contribution >= 0.6 is 0 Å². The van der Waals surface area contributed by atoms with E-state index in [4.69, 9.17) is 4.74 Å². The monoisotopic (exact) mass is 456 g/mol. The number of ether oxygens (including phenoxy) is 2. The van der Waals surface area contributed by atoms with Crippen LogP contribution in [0.3, 0.4) is 0 Å². The van der Waals surface area contributed by atoms with Crippen LogP contribution < -0.4 is 5.11 Å². The highest BCUT2D eigenvalue weighted by Crippen LogP contribution is 2.43. The summed E-state index contributed by atoms with van der Waals surface area (Å²) in [4.78, 5) is 27.7. The summed E-state index contributed by atoms with van der Waals surface area (Å²) in [6.45, 7) is 7.22. The average Bonchev–Trinajstić information content (AvgIpc) is 3.05. The van der Waals surface area contributed by atoms with Crippen LogP contribution in [-0.2, 0) is 14.3 Å². The topological polar surface area (TPSA) is 88.0 Å². The molecular formula is C23H29F3NO5-. The van der Waals surface area contributed by atoms with Gasteiger partial charge in [0.2, 0.25) is 0 Å². The van der Waals surface area contributed by atoms with Gasteiger partial charge >= 0.3 is 5.97 Å². The van der Waals surface area contributed by atoms with Gasteiger partial charge < -0.3 is 14.6 Å². The first-order valence-electron chi connectivity index (χ1n) is 10.5. The van der Waals surface area contributed by atoms with Gasteiger partial charge in [-0.05, 0) is 49.8 Å². The summed E-state index contributed by atoms with van der Waals surface area (Å²) in [5.41, 5.74) is -1.36. The maximum Gasteiger partial charge on any atom is 0.313 e. The van der Waals surface area contributed by atoms with Crippen molar-refractivity contribution in [1.82, 2.24) is 0 Å². The van der Waals surface area contributed by atoms with Gasteiger partial charge in [0.15, 0.2) is 5.78 Å². The Labute approximate surface area is 185 Å². The summed E-state index contributed by atoms with van der Waals surface area (Å²) in [7, 11) is 0. The van der Waals surface area contributed by atoms with Crippen LogP contribution in [0.4, 0.5) is 13.2 Å². The second-order valence-corrected chi connectivity index (χ2v) is 8.92. The molecular weight excluding hydrogens is 427 g/mol. The zero-order chi connectivity index (χ0) is 24.2. The van der Waals surface area contributed by atoms with Crippen LogP contribution in [-0.4, -0.2) is 42.8 Å². The molecule has 1 unspecified atom stereocenters. The van der Waals surface area contributed by atoms with E-state index in [9.17, 15) is 27.9 Å². The first-order chi connectivity index (χ1) is 14.9. The largest absolute Gasteiger partial charge is 0.595 e. The van der Waals surface area contributed by atoms with Gasteiger partial charge in [-0.25, -0.2) is 8.78 Å². The Hall–Kier alpha value is -2.58. The van der Waals surface area contributed by atoms with Crippen LogP contribution in [0.25, 0.3) is 0 Å². The Morgan fingerprint density at radius 1 is 1.25 bits per heavy atom. The lowest BCUT2D eigenvalue weighted by molar-refractivity contribution is -0.261. The minimum atomic E-state index is -0.931. The third kappa shape index (κ3) is 6.23. The van der Waals surface area contributed by atoms with Crippen molar-refractivity contribution in [2.24, 2.45) is 10.9 Å². The quantitative estimate of drug-likeness (QED) is 0.205. The van der Waals surface area contributed by atoms with E-state index in [1.165, 1.54) is 6.92 Å². The molecule has 0 N–H and O–H groups in total. The standard InChI is InChI=1S/C23H30F3NO5/c1-6-31-19(29)10-18(28)15-9-16(25)20(12(2)21(15)26)13-7-14(11-24)17(8-13)27-22(30)32-23(3,4)5/h9,13-14,17H,6-8,10-11H2,1-5H3,(H,27,30)/p-1/t13?,14-,17-/m1/s1. The van der Waals surface area contributed by atoms with Gasteiger partial charge in [-0.1, -0.05) is 20.8 Å². The molecule has 0 saturated heterocycles. The number of Topliss-reactive ketones (excluding diaryl/α,β-unsaturated/α-hetero) is 1. The van der Waals surface area contributed by atoms with Gasteiger partial charge in [0.25, 0.3) is 0 Å². The normalized spacial score (nSPS) is 21.5. The van der Waals surface area contributed by atoms with Crippen LogP contribution in [0.5, 0.6) is 0 Å². The molecule has 2 rings (SSSR count). The summed E-state index contributed by atoms with van der Waals surface area (Å²) >= 11 is 0. The van der Waals surface area contributed by atoms with Crippen molar-refractivity contribution in [2.45, 2.75) is 71.4 Å². The van der Waals surface area contributed by atoms with Crippen molar-refractivity contribution < 1.29 is 37.3 Å². The van der Waals surface area contributed by atoms with Crippen molar-refractivity contribution in [3.8, 4) is 0 Å². The maximum atomic E-state index is 15.0. The van der Waals surface area contributed by atoms with Gasteiger partial charge in [-0.2, -0.15) is 0 Å². The molecule has 0 aromatic heterocycles. The number of ketones is 1. The Kier molecular flexibility index (Phi) is 8.31. The van der Waals surface area contributed by atoms with Crippen LogP contribution in [0.15, 0.2) is 11.1 Å². The number of nitrogens with zero attached hydrogens (tertiary/aromatic N) is 1. The number of aliphatic imine (C=N–C) groups is 1. The minimum Gasteiger partial charge on any atom is -0.595 e. The number of halogens is 3. The van der Waals surface area contributed by atoms with Crippen molar-refractivity contribution in [1.29, 1.82) is 0 Å². The summed E-state index contributed by atoms with van der Waals surface area (Å²) in [6.07, 6.45) is -1.22. The molecule has 1 aromatic carbocycles. The predicted octanol–water partition coefficient (Wildman–Crippen LogP) is 3.77. The molecule has 0 aliphatic heterocycles. The molecule has 1 saturated carbocycles. The average molecular weight is 456 g/mol. The molecule has 1 fully saturated rings. The number of benzene rings is 1. The lowest BCUT2D eigenvalue weighted by Crippen LogP contribution is -2.33. The van der Waals surface area contributed by atoms with E-state index in [2.05, 4.69) is 9.73 Å². The van der Waals surface area contributed by atoms with Crippen LogP contribution in [0.1, 0.15) is 74.4 Å². The first-order valence-corrected chi connectivity index (χ1v) is 10.5.